The van der Waals surface area contributed by atoms with Gasteiger partial charge in [-0.3, -0.25) is 0 Å². The van der Waals surface area contributed by atoms with Crippen LogP contribution in [0.1, 0.15) is 17.2 Å². The minimum absolute atomic E-state index is 0.276. The predicted molar refractivity (Wildman–Crippen MR) is 73.8 cm³/mol. The minimum atomic E-state index is -0.293. The lowest BCUT2D eigenvalue weighted by Crippen LogP contribution is -2.18. The van der Waals surface area contributed by atoms with E-state index in [4.69, 9.17) is 23.2 Å². The Kier molecular flexibility index (Phi) is 4.23. The molecule has 0 aliphatic heterocycles. The Bertz CT molecular complexity index is 557. The van der Waals surface area contributed by atoms with Crippen LogP contribution in [-0.4, -0.2) is 7.05 Å². The summed E-state index contributed by atoms with van der Waals surface area (Å²) in [6, 6.07) is 11.6. The van der Waals surface area contributed by atoms with Gasteiger partial charge in [-0.05, 0) is 42.9 Å². The number of rotatable bonds is 3. The highest BCUT2D eigenvalue weighted by Gasteiger charge is 2.16. The van der Waals surface area contributed by atoms with Crippen molar-refractivity contribution in [3.63, 3.8) is 0 Å². The number of hydrogen-bond acceptors (Lipinski definition) is 1. The van der Waals surface area contributed by atoms with E-state index in [9.17, 15) is 4.39 Å². The van der Waals surface area contributed by atoms with E-state index in [1.54, 1.807) is 19.2 Å². The van der Waals surface area contributed by atoms with E-state index >= 15 is 0 Å². The van der Waals surface area contributed by atoms with E-state index in [1.807, 2.05) is 18.2 Å². The number of benzene rings is 2. The second kappa shape index (κ2) is 5.70. The van der Waals surface area contributed by atoms with Crippen molar-refractivity contribution < 1.29 is 4.39 Å². The Morgan fingerprint density at radius 3 is 2.44 bits per heavy atom. The van der Waals surface area contributed by atoms with Gasteiger partial charge in [0, 0.05) is 15.6 Å². The van der Waals surface area contributed by atoms with Crippen LogP contribution in [-0.2, 0) is 0 Å². The average molecular weight is 284 g/mol. The van der Waals surface area contributed by atoms with Crippen molar-refractivity contribution in [1.82, 2.24) is 5.32 Å². The van der Waals surface area contributed by atoms with Gasteiger partial charge in [-0.25, -0.2) is 4.39 Å². The van der Waals surface area contributed by atoms with Gasteiger partial charge in [0.15, 0.2) is 0 Å². The third-order valence-corrected chi connectivity index (χ3v) is 3.21. The van der Waals surface area contributed by atoms with E-state index < -0.39 is 0 Å². The van der Waals surface area contributed by atoms with Crippen LogP contribution in [0.2, 0.25) is 10.0 Å². The molecule has 1 nitrogen and oxygen atoms in total. The van der Waals surface area contributed by atoms with Crippen molar-refractivity contribution in [2.45, 2.75) is 6.04 Å². The molecule has 0 radical (unpaired) electrons. The first kappa shape index (κ1) is 13.3. The molecule has 0 saturated carbocycles. The molecule has 0 saturated heterocycles. The molecule has 1 N–H and O–H groups in total. The van der Waals surface area contributed by atoms with Gasteiger partial charge < -0.3 is 5.32 Å². The third kappa shape index (κ3) is 2.83. The third-order valence-electron chi connectivity index (χ3n) is 2.74. The molecule has 2 rings (SSSR count). The summed E-state index contributed by atoms with van der Waals surface area (Å²) in [7, 11) is 1.77. The summed E-state index contributed by atoms with van der Waals surface area (Å²) in [5.41, 5.74) is 1.40. The zero-order valence-electron chi connectivity index (χ0n) is 9.75. The molecule has 0 aliphatic carbocycles. The smallest absolute Gasteiger partial charge is 0.128 e. The van der Waals surface area contributed by atoms with Gasteiger partial charge in [-0.1, -0.05) is 35.3 Å². The Morgan fingerprint density at radius 1 is 1.06 bits per heavy atom. The molecule has 94 valence electrons. The summed E-state index contributed by atoms with van der Waals surface area (Å²) in [6.45, 7) is 0. The van der Waals surface area contributed by atoms with Crippen LogP contribution in [0.4, 0.5) is 4.39 Å². The van der Waals surface area contributed by atoms with Gasteiger partial charge in [0.1, 0.15) is 5.82 Å². The van der Waals surface area contributed by atoms with Gasteiger partial charge in [-0.15, -0.1) is 0 Å². The summed E-state index contributed by atoms with van der Waals surface area (Å²) < 4.78 is 13.9. The van der Waals surface area contributed by atoms with Crippen LogP contribution in [0.25, 0.3) is 0 Å². The molecular formula is C14H12Cl2FN. The molecule has 2 aromatic carbocycles. The highest BCUT2D eigenvalue weighted by Crippen LogP contribution is 2.28. The van der Waals surface area contributed by atoms with Gasteiger partial charge in [0.25, 0.3) is 0 Å². The lowest BCUT2D eigenvalue weighted by atomic mass is 9.98. The molecule has 18 heavy (non-hydrogen) atoms. The van der Waals surface area contributed by atoms with Crippen molar-refractivity contribution in [2.75, 3.05) is 7.05 Å². The van der Waals surface area contributed by atoms with Crippen molar-refractivity contribution in [2.24, 2.45) is 0 Å². The summed E-state index contributed by atoms with van der Waals surface area (Å²) in [4.78, 5) is 0. The molecule has 1 atom stereocenters. The van der Waals surface area contributed by atoms with Gasteiger partial charge in [-0.2, -0.15) is 0 Å². The maximum absolute atomic E-state index is 13.9. The summed E-state index contributed by atoms with van der Waals surface area (Å²) in [5, 5.41) is 4.20. The monoisotopic (exact) mass is 283 g/mol. The highest BCUT2D eigenvalue weighted by molar-refractivity contribution is 6.31. The maximum atomic E-state index is 13.9. The van der Waals surface area contributed by atoms with Crippen LogP contribution < -0.4 is 5.32 Å². The lowest BCUT2D eigenvalue weighted by molar-refractivity contribution is 0.576. The topological polar surface area (TPSA) is 12.0 Å². The van der Waals surface area contributed by atoms with Crippen LogP contribution in [0.5, 0.6) is 0 Å². The first-order chi connectivity index (χ1) is 8.61. The molecule has 0 aromatic heterocycles. The van der Waals surface area contributed by atoms with Crippen molar-refractivity contribution in [3.8, 4) is 0 Å². The maximum Gasteiger partial charge on any atom is 0.128 e. The van der Waals surface area contributed by atoms with E-state index in [2.05, 4.69) is 5.32 Å². The largest absolute Gasteiger partial charge is 0.309 e. The first-order valence-corrected chi connectivity index (χ1v) is 6.25. The van der Waals surface area contributed by atoms with Gasteiger partial charge in [0.05, 0.1) is 6.04 Å². The number of nitrogens with one attached hydrogen (secondary N) is 1. The van der Waals surface area contributed by atoms with Crippen LogP contribution in [0, 0.1) is 5.82 Å². The fraction of sp³-hybridized carbons (Fsp3) is 0.143. The number of hydrogen-bond donors (Lipinski definition) is 1. The Hall–Kier alpha value is -1.09. The average Bonchev–Trinajstić information content (AvgIpc) is 2.35. The summed E-state index contributed by atoms with van der Waals surface area (Å²) >= 11 is 11.9. The SMILES string of the molecule is CNC(c1cccc(Cl)c1)c1cc(Cl)ccc1F. The predicted octanol–water partition coefficient (Wildman–Crippen LogP) is 4.44. The Balaban J connectivity index is 2.48. The van der Waals surface area contributed by atoms with E-state index in [1.165, 1.54) is 12.1 Å². The van der Waals surface area contributed by atoms with Crippen molar-refractivity contribution in [3.05, 3.63) is 69.5 Å². The first-order valence-electron chi connectivity index (χ1n) is 5.49. The van der Waals surface area contributed by atoms with Crippen molar-refractivity contribution >= 4 is 23.2 Å². The van der Waals surface area contributed by atoms with Crippen LogP contribution in [0.3, 0.4) is 0 Å². The van der Waals surface area contributed by atoms with E-state index in [0.29, 0.717) is 15.6 Å². The zero-order chi connectivity index (χ0) is 13.1. The zero-order valence-corrected chi connectivity index (χ0v) is 11.3. The molecule has 4 heteroatoms. The molecule has 0 bridgehead atoms. The molecule has 2 aromatic rings. The van der Waals surface area contributed by atoms with Crippen molar-refractivity contribution in [1.29, 1.82) is 0 Å². The fourth-order valence-corrected chi connectivity index (χ4v) is 2.30. The molecular weight excluding hydrogens is 272 g/mol. The van der Waals surface area contributed by atoms with Gasteiger partial charge >= 0.3 is 0 Å². The molecule has 0 heterocycles. The molecule has 0 fully saturated rings. The lowest BCUT2D eigenvalue weighted by Gasteiger charge is -2.18. The Morgan fingerprint density at radius 2 is 1.78 bits per heavy atom. The minimum Gasteiger partial charge on any atom is -0.309 e. The van der Waals surface area contributed by atoms with Crippen LogP contribution >= 0.6 is 23.2 Å². The second-order valence-corrected chi connectivity index (χ2v) is 4.82. The van der Waals surface area contributed by atoms with Crippen LogP contribution in [0.15, 0.2) is 42.5 Å². The molecule has 1 unspecified atom stereocenters. The number of halogens is 3. The standard InChI is InChI=1S/C14H12Cl2FN/c1-18-14(9-3-2-4-10(15)7-9)12-8-11(16)5-6-13(12)17/h2-8,14,18H,1H3. The van der Waals surface area contributed by atoms with E-state index in [-0.39, 0.29) is 11.9 Å². The summed E-state index contributed by atoms with van der Waals surface area (Å²) in [6.07, 6.45) is 0. The van der Waals surface area contributed by atoms with E-state index in [0.717, 1.165) is 5.56 Å². The normalized spacial score (nSPS) is 12.4. The summed E-state index contributed by atoms with van der Waals surface area (Å²) in [5.74, 6) is -0.293. The molecule has 0 aliphatic rings. The highest BCUT2D eigenvalue weighted by atomic mass is 35.5. The fourth-order valence-electron chi connectivity index (χ4n) is 1.92. The molecule has 0 spiro atoms. The van der Waals surface area contributed by atoms with Gasteiger partial charge in [0.2, 0.25) is 0 Å². The quantitative estimate of drug-likeness (QED) is 0.878. The molecule has 0 amide bonds. The Labute approximate surface area is 116 Å². The second-order valence-electron chi connectivity index (χ2n) is 3.94.